The first kappa shape index (κ1) is 8.80. The third-order valence-corrected chi connectivity index (χ3v) is 1.40. The average Bonchev–Trinajstić information content (AvgIpc) is 2.03. The number of aromatic nitrogens is 1. The van der Waals surface area contributed by atoms with E-state index in [1.165, 1.54) is 0 Å². The SMILES string of the molecule is Cc1ccc(OCCN)c(N)n1. The van der Waals surface area contributed by atoms with Crippen molar-refractivity contribution in [2.24, 2.45) is 5.73 Å². The normalized spacial score (nSPS) is 9.83. The molecular formula is C8H13N3O. The molecule has 0 aliphatic carbocycles. The maximum Gasteiger partial charge on any atom is 0.166 e. The quantitative estimate of drug-likeness (QED) is 0.679. The molecular weight excluding hydrogens is 154 g/mol. The number of ether oxygens (including phenoxy) is 1. The molecule has 0 amide bonds. The molecule has 0 saturated heterocycles. The highest BCUT2D eigenvalue weighted by atomic mass is 16.5. The van der Waals surface area contributed by atoms with Gasteiger partial charge in [-0.05, 0) is 19.1 Å². The van der Waals surface area contributed by atoms with Gasteiger partial charge in [0.05, 0.1) is 0 Å². The van der Waals surface area contributed by atoms with Crippen molar-refractivity contribution in [3.05, 3.63) is 17.8 Å². The van der Waals surface area contributed by atoms with Crippen molar-refractivity contribution < 1.29 is 4.74 Å². The molecule has 0 aromatic carbocycles. The molecule has 1 rings (SSSR count). The number of rotatable bonds is 3. The number of nitrogens with zero attached hydrogens (tertiary/aromatic N) is 1. The van der Waals surface area contributed by atoms with Crippen LogP contribution in [0.1, 0.15) is 5.69 Å². The van der Waals surface area contributed by atoms with Gasteiger partial charge in [-0.1, -0.05) is 0 Å². The molecule has 12 heavy (non-hydrogen) atoms. The van der Waals surface area contributed by atoms with Gasteiger partial charge in [0.15, 0.2) is 11.6 Å². The van der Waals surface area contributed by atoms with Crippen molar-refractivity contribution in [2.75, 3.05) is 18.9 Å². The van der Waals surface area contributed by atoms with Gasteiger partial charge in [-0.2, -0.15) is 0 Å². The minimum Gasteiger partial charge on any atom is -0.488 e. The van der Waals surface area contributed by atoms with Crippen molar-refractivity contribution in [1.82, 2.24) is 4.98 Å². The van der Waals surface area contributed by atoms with Gasteiger partial charge in [-0.25, -0.2) is 4.98 Å². The van der Waals surface area contributed by atoms with Crippen molar-refractivity contribution >= 4 is 5.82 Å². The van der Waals surface area contributed by atoms with Gasteiger partial charge < -0.3 is 16.2 Å². The first-order valence-electron chi connectivity index (χ1n) is 3.80. The standard InChI is InChI=1S/C8H13N3O/c1-6-2-3-7(8(10)11-6)12-5-4-9/h2-3H,4-5,9H2,1H3,(H2,10,11). The molecule has 1 heterocycles. The van der Waals surface area contributed by atoms with Gasteiger partial charge in [0.1, 0.15) is 6.61 Å². The van der Waals surface area contributed by atoms with Gasteiger partial charge in [0.2, 0.25) is 0 Å². The Morgan fingerprint density at radius 1 is 1.50 bits per heavy atom. The summed E-state index contributed by atoms with van der Waals surface area (Å²) in [4.78, 5) is 4.04. The maximum atomic E-state index is 5.59. The summed E-state index contributed by atoms with van der Waals surface area (Å²) in [7, 11) is 0. The predicted molar refractivity (Wildman–Crippen MR) is 47.9 cm³/mol. The fourth-order valence-corrected chi connectivity index (χ4v) is 0.855. The zero-order valence-electron chi connectivity index (χ0n) is 7.08. The smallest absolute Gasteiger partial charge is 0.166 e. The molecule has 0 unspecified atom stereocenters. The molecule has 4 heteroatoms. The van der Waals surface area contributed by atoms with Crippen LogP contribution in [0.3, 0.4) is 0 Å². The molecule has 0 aliphatic heterocycles. The van der Waals surface area contributed by atoms with E-state index in [1.54, 1.807) is 6.07 Å². The Morgan fingerprint density at radius 2 is 2.25 bits per heavy atom. The number of hydrogen-bond donors (Lipinski definition) is 2. The van der Waals surface area contributed by atoms with Crippen LogP contribution in [-0.4, -0.2) is 18.1 Å². The zero-order chi connectivity index (χ0) is 8.97. The molecule has 4 N–H and O–H groups in total. The van der Waals surface area contributed by atoms with Gasteiger partial charge in [0.25, 0.3) is 0 Å². The third-order valence-electron chi connectivity index (χ3n) is 1.40. The highest BCUT2D eigenvalue weighted by molar-refractivity contribution is 5.46. The molecule has 0 radical (unpaired) electrons. The first-order chi connectivity index (χ1) is 5.74. The van der Waals surface area contributed by atoms with E-state index in [-0.39, 0.29) is 0 Å². The maximum absolute atomic E-state index is 5.59. The topological polar surface area (TPSA) is 74.2 Å². The van der Waals surface area contributed by atoms with E-state index in [0.717, 1.165) is 5.69 Å². The highest BCUT2D eigenvalue weighted by Gasteiger charge is 1.99. The summed E-state index contributed by atoms with van der Waals surface area (Å²) < 4.78 is 5.23. The van der Waals surface area contributed by atoms with E-state index >= 15 is 0 Å². The van der Waals surface area contributed by atoms with Gasteiger partial charge in [0, 0.05) is 12.2 Å². The summed E-state index contributed by atoms with van der Waals surface area (Å²) >= 11 is 0. The van der Waals surface area contributed by atoms with Crippen LogP contribution in [0.5, 0.6) is 5.75 Å². The Hall–Kier alpha value is -1.29. The van der Waals surface area contributed by atoms with Gasteiger partial charge >= 0.3 is 0 Å². The number of nitrogens with two attached hydrogens (primary N) is 2. The molecule has 0 spiro atoms. The summed E-state index contributed by atoms with van der Waals surface area (Å²) in [5, 5.41) is 0. The molecule has 0 atom stereocenters. The minimum absolute atomic E-state index is 0.420. The Morgan fingerprint density at radius 3 is 2.83 bits per heavy atom. The van der Waals surface area contributed by atoms with Crippen molar-refractivity contribution in [3.8, 4) is 5.75 Å². The lowest BCUT2D eigenvalue weighted by molar-refractivity contribution is 0.329. The molecule has 1 aromatic rings. The third kappa shape index (κ3) is 2.10. The van der Waals surface area contributed by atoms with E-state index < -0.39 is 0 Å². The summed E-state index contributed by atoms with van der Waals surface area (Å²) in [5.74, 6) is 1.02. The molecule has 1 aromatic heterocycles. The number of nitrogen functional groups attached to an aromatic ring is 1. The summed E-state index contributed by atoms with van der Waals surface area (Å²) in [6.07, 6.45) is 0. The van der Waals surface area contributed by atoms with Gasteiger partial charge in [-0.15, -0.1) is 0 Å². The molecule has 0 bridgehead atoms. The fourth-order valence-electron chi connectivity index (χ4n) is 0.855. The lowest BCUT2D eigenvalue weighted by atomic mass is 10.3. The van der Waals surface area contributed by atoms with Crippen LogP contribution < -0.4 is 16.2 Å². The number of hydrogen-bond acceptors (Lipinski definition) is 4. The number of pyridine rings is 1. The highest BCUT2D eigenvalue weighted by Crippen LogP contribution is 2.17. The lowest BCUT2D eigenvalue weighted by Crippen LogP contribution is -2.11. The van der Waals surface area contributed by atoms with Crippen LogP contribution in [-0.2, 0) is 0 Å². The second-order valence-electron chi connectivity index (χ2n) is 2.47. The second-order valence-corrected chi connectivity index (χ2v) is 2.47. The molecule has 0 aliphatic rings. The lowest BCUT2D eigenvalue weighted by Gasteiger charge is -2.06. The van der Waals surface area contributed by atoms with Crippen LogP contribution >= 0.6 is 0 Å². The Balaban J connectivity index is 2.72. The van der Waals surface area contributed by atoms with Crippen LogP contribution in [0.2, 0.25) is 0 Å². The summed E-state index contributed by atoms with van der Waals surface area (Å²) in [6, 6.07) is 3.65. The van der Waals surface area contributed by atoms with Crippen LogP contribution in [0, 0.1) is 6.92 Å². The molecule has 0 saturated carbocycles. The monoisotopic (exact) mass is 167 g/mol. The molecule has 66 valence electrons. The minimum atomic E-state index is 0.420. The number of anilines is 1. The van der Waals surface area contributed by atoms with Crippen molar-refractivity contribution in [1.29, 1.82) is 0 Å². The van der Waals surface area contributed by atoms with E-state index in [1.807, 2.05) is 13.0 Å². The molecule has 4 nitrogen and oxygen atoms in total. The predicted octanol–water partition coefficient (Wildman–Crippen LogP) is 0.310. The van der Waals surface area contributed by atoms with E-state index in [2.05, 4.69) is 4.98 Å². The van der Waals surface area contributed by atoms with Gasteiger partial charge in [-0.3, -0.25) is 0 Å². The average molecular weight is 167 g/mol. The van der Waals surface area contributed by atoms with Crippen molar-refractivity contribution in [3.63, 3.8) is 0 Å². The Kier molecular flexibility index (Phi) is 2.88. The number of aryl methyl sites for hydroxylation is 1. The van der Waals surface area contributed by atoms with E-state index in [9.17, 15) is 0 Å². The largest absolute Gasteiger partial charge is 0.488 e. The fraction of sp³-hybridized carbons (Fsp3) is 0.375. The van der Waals surface area contributed by atoms with E-state index in [0.29, 0.717) is 24.7 Å². The van der Waals surface area contributed by atoms with Crippen molar-refractivity contribution in [2.45, 2.75) is 6.92 Å². The second kappa shape index (κ2) is 3.92. The summed E-state index contributed by atoms with van der Waals surface area (Å²) in [5.41, 5.74) is 11.7. The van der Waals surface area contributed by atoms with Crippen LogP contribution in [0.4, 0.5) is 5.82 Å². The first-order valence-corrected chi connectivity index (χ1v) is 3.80. The molecule has 0 fully saturated rings. The van der Waals surface area contributed by atoms with E-state index in [4.69, 9.17) is 16.2 Å². The van der Waals surface area contributed by atoms with Crippen LogP contribution in [0.25, 0.3) is 0 Å². The summed E-state index contributed by atoms with van der Waals surface area (Å²) in [6.45, 7) is 2.82. The van der Waals surface area contributed by atoms with Crippen LogP contribution in [0.15, 0.2) is 12.1 Å². The Bertz CT molecular complexity index is 262. The zero-order valence-corrected chi connectivity index (χ0v) is 7.08. The Labute approximate surface area is 71.5 Å².